The van der Waals surface area contributed by atoms with Crippen LogP contribution in [0.25, 0.3) is 0 Å². The first-order chi connectivity index (χ1) is 10.1. The van der Waals surface area contributed by atoms with Crippen molar-refractivity contribution in [3.63, 3.8) is 0 Å². The van der Waals surface area contributed by atoms with Crippen molar-refractivity contribution in [1.82, 2.24) is 10.2 Å². The van der Waals surface area contributed by atoms with Gasteiger partial charge in [-0.3, -0.25) is 4.79 Å². The Bertz CT molecular complexity index is 498. The zero-order chi connectivity index (χ0) is 15.4. The molecular formula is C17H26N2O2. The lowest BCUT2D eigenvalue weighted by Crippen LogP contribution is -2.36. The Kier molecular flexibility index (Phi) is 5.23. The zero-order valence-electron chi connectivity index (χ0n) is 13.5. The predicted octanol–water partition coefficient (Wildman–Crippen LogP) is 2.67. The standard InChI is InChI=1S/C17H26N2O2/c1-5-19(15-7-8-15)17(20)11-21-16-9-6-14(10-12(16)2)13(3)18-4/h6,9-10,13,15,18H,5,7-8,11H2,1-4H3. The van der Waals surface area contributed by atoms with Gasteiger partial charge in [0.25, 0.3) is 5.91 Å². The van der Waals surface area contributed by atoms with Gasteiger partial charge in [-0.05, 0) is 57.9 Å². The molecule has 0 aromatic heterocycles. The minimum absolute atomic E-state index is 0.0899. The molecule has 1 aliphatic carbocycles. The number of hydrogen-bond acceptors (Lipinski definition) is 3. The highest BCUT2D eigenvalue weighted by Crippen LogP contribution is 2.27. The predicted molar refractivity (Wildman–Crippen MR) is 84.6 cm³/mol. The van der Waals surface area contributed by atoms with Crippen LogP contribution in [0.15, 0.2) is 18.2 Å². The van der Waals surface area contributed by atoms with Crippen molar-refractivity contribution in [2.24, 2.45) is 0 Å². The molecule has 2 rings (SSSR count). The van der Waals surface area contributed by atoms with Crippen molar-refractivity contribution in [2.45, 2.75) is 45.7 Å². The summed E-state index contributed by atoms with van der Waals surface area (Å²) >= 11 is 0. The average Bonchev–Trinajstić information content (AvgIpc) is 3.30. The minimum atomic E-state index is 0.0899. The molecule has 1 fully saturated rings. The van der Waals surface area contributed by atoms with Crippen molar-refractivity contribution in [2.75, 3.05) is 20.2 Å². The number of hydrogen-bond donors (Lipinski definition) is 1. The topological polar surface area (TPSA) is 41.6 Å². The number of benzene rings is 1. The third-order valence-corrected chi connectivity index (χ3v) is 4.13. The Hall–Kier alpha value is -1.55. The zero-order valence-corrected chi connectivity index (χ0v) is 13.5. The van der Waals surface area contributed by atoms with E-state index in [-0.39, 0.29) is 12.5 Å². The number of aryl methyl sites for hydroxylation is 1. The van der Waals surface area contributed by atoms with E-state index in [9.17, 15) is 4.79 Å². The maximum absolute atomic E-state index is 12.2. The van der Waals surface area contributed by atoms with Gasteiger partial charge < -0.3 is 15.0 Å². The quantitative estimate of drug-likeness (QED) is 0.839. The van der Waals surface area contributed by atoms with Gasteiger partial charge in [0.05, 0.1) is 0 Å². The Morgan fingerprint density at radius 2 is 2.19 bits per heavy atom. The van der Waals surface area contributed by atoms with Crippen LogP contribution in [0.3, 0.4) is 0 Å². The van der Waals surface area contributed by atoms with Crippen LogP contribution in [0.5, 0.6) is 5.75 Å². The van der Waals surface area contributed by atoms with Crippen molar-refractivity contribution >= 4 is 5.91 Å². The Labute approximate surface area is 127 Å². The van der Waals surface area contributed by atoms with E-state index in [0.717, 1.165) is 30.7 Å². The Morgan fingerprint density at radius 3 is 2.71 bits per heavy atom. The van der Waals surface area contributed by atoms with Gasteiger partial charge in [-0.2, -0.15) is 0 Å². The molecule has 1 aromatic rings. The summed E-state index contributed by atoms with van der Waals surface area (Å²) in [7, 11) is 1.94. The molecule has 1 amide bonds. The van der Waals surface area contributed by atoms with Crippen LogP contribution in [0.4, 0.5) is 0 Å². The van der Waals surface area contributed by atoms with Gasteiger partial charge in [-0.25, -0.2) is 0 Å². The maximum Gasteiger partial charge on any atom is 0.260 e. The molecule has 0 heterocycles. The number of carbonyl (C=O) groups excluding carboxylic acids is 1. The van der Waals surface area contributed by atoms with E-state index in [1.54, 1.807) is 0 Å². The van der Waals surface area contributed by atoms with E-state index in [1.807, 2.05) is 37.9 Å². The molecule has 1 aliphatic rings. The van der Waals surface area contributed by atoms with Crippen molar-refractivity contribution in [1.29, 1.82) is 0 Å². The van der Waals surface area contributed by atoms with Crippen LogP contribution in [0.2, 0.25) is 0 Å². The fourth-order valence-corrected chi connectivity index (χ4v) is 2.52. The summed E-state index contributed by atoms with van der Waals surface area (Å²) < 4.78 is 5.72. The lowest BCUT2D eigenvalue weighted by Gasteiger charge is -2.21. The summed E-state index contributed by atoms with van der Waals surface area (Å²) in [5.41, 5.74) is 2.29. The highest BCUT2D eigenvalue weighted by Gasteiger charge is 2.31. The number of rotatable bonds is 7. The van der Waals surface area contributed by atoms with Gasteiger partial charge in [-0.1, -0.05) is 12.1 Å². The molecule has 116 valence electrons. The van der Waals surface area contributed by atoms with E-state index in [4.69, 9.17) is 4.74 Å². The highest BCUT2D eigenvalue weighted by molar-refractivity contribution is 5.78. The number of nitrogens with zero attached hydrogens (tertiary/aromatic N) is 1. The minimum Gasteiger partial charge on any atom is -0.484 e. The van der Waals surface area contributed by atoms with Crippen LogP contribution < -0.4 is 10.1 Å². The number of carbonyl (C=O) groups is 1. The first kappa shape index (κ1) is 15.8. The summed E-state index contributed by atoms with van der Waals surface area (Å²) in [6, 6.07) is 6.88. The summed E-state index contributed by atoms with van der Waals surface area (Å²) in [5, 5.41) is 3.22. The normalized spacial score (nSPS) is 15.6. The SMILES string of the molecule is CCN(C(=O)COc1ccc(C(C)NC)cc1C)C1CC1. The summed E-state index contributed by atoms with van der Waals surface area (Å²) in [5.74, 6) is 0.884. The molecule has 0 saturated heterocycles. The molecule has 0 aliphatic heterocycles. The van der Waals surface area contributed by atoms with E-state index >= 15 is 0 Å². The third kappa shape index (κ3) is 3.97. The Balaban J connectivity index is 1.95. The van der Waals surface area contributed by atoms with Crippen LogP contribution >= 0.6 is 0 Å². The first-order valence-electron chi connectivity index (χ1n) is 7.76. The molecule has 1 unspecified atom stereocenters. The molecule has 0 spiro atoms. The maximum atomic E-state index is 12.2. The molecule has 0 radical (unpaired) electrons. The monoisotopic (exact) mass is 290 g/mol. The van der Waals surface area contributed by atoms with E-state index < -0.39 is 0 Å². The van der Waals surface area contributed by atoms with Gasteiger partial charge in [-0.15, -0.1) is 0 Å². The van der Waals surface area contributed by atoms with Crippen molar-refractivity contribution in [3.8, 4) is 5.75 Å². The van der Waals surface area contributed by atoms with Gasteiger partial charge in [0.1, 0.15) is 5.75 Å². The van der Waals surface area contributed by atoms with Crippen LogP contribution in [0, 0.1) is 6.92 Å². The summed E-state index contributed by atoms with van der Waals surface area (Å²) in [6.45, 7) is 7.06. The smallest absolute Gasteiger partial charge is 0.260 e. The molecular weight excluding hydrogens is 264 g/mol. The third-order valence-electron chi connectivity index (χ3n) is 4.13. The largest absolute Gasteiger partial charge is 0.484 e. The van der Waals surface area contributed by atoms with Gasteiger partial charge >= 0.3 is 0 Å². The van der Waals surface area contributed by atoms with Gasteiger partial charge in [0, 0.05) is 18.6 Å². The lowest BCUT2D eigenvalue weighted by molar-refractivity contribution is -0.133. The summed E-state index contributed by atoms with van der Waals surface area (Å²) in [6.07, 6.45) is 2.27. The second-order valence-electron chi connectivity index (χ2n) is 5.73. The lowest BCUT2D eigenvalue weighted by atomic mass is 10.1. The summed E-state index contributed by atoms with van der Waals surface area (Å²) in [4.78, 5) is 14.1. The Morgan fingerprint density at radius 1 is 1.48 bits per heavy atom. The molecule has 0 bridgehead atoms. The van der Waals surface area contributed by atoms with Crippen LogP contribution in [0.1, 0.15) is 43.9 Å². The second kappa shape index (κ2) is 6.94. The molecule has 1 aromatic carbocycles. The number of likely N-dealkylation sites (N-methyl/N-ethyl adjacent to an activating group) is 1. The van der Waals surface area contributed by atoms with Crippen molar-refractivity contribution in [3.05, 3.63) is 29.3 Å². The second-order valence-corrected chi connectivity index (χ2v) is 5.73. The van der Waals surface area contributed by atoms with Crippen molar-refractivity contribution < 1.29 is 9.53 Å². The van der Waals surface area contributed by atoms with E-state index in [1.165, 1.54) is 5.56 Å². The highest BCUT2D eigenvalue weighted by atomic mass is 16.5. The van der Waals surface area contributed by atoms with Crippen LogP contribution in [-0.4, -0.2) is 37.0 Å². The first-order valence-corrected chi connectivity index (χ1v) is 7.76. The molecule has 4 nitrogen and oxygen atoms in total. The van der Waals surface area contributed by atoms with Gasteiger partial charge in [0.2, 0.25) is 0 Å². The molecule has 21 heavy (non-hydrogen) atoms. The average molecular weight is 290 g/mol. The number of nitrogens with one attached hydrogen (secondary N) is 1. The molecule has 1 atom stereocenters. The fourth-order valence-electron chi connectivity index (χ4n) is 2.52. The number of ether oxygens (including phenoxy) is 1. The van der Waals surface area contributed by atoms with Gasteiger partial charge in [0.15, 0.2) is 6.61 Å². The number of amides is 1. The molecule has 1 N–H and O–H groups in total. The van der Waals surface area contributed by atoms with E-state index in [2.05, 4.69) is 18.3 Å². The fraction of sp³-hybridized carbons (Fsp3) is 0.588. The van der Waals surface area contributed by atoms with Crippen LogP contribution in [-0.2, 0) is 4.79 Å². The van der Waals surface area contributed by atoms with E-state index in [0.29, 0.717) is 12.1 Å². The molecule has 1 saturated carbocycles. The molecule has 4 heteroatoms.